The van der Waals surface area contributed by atoms with Crippen LogP contribution < -0.4 is 5.32 Å². The maximum Gasteiger partial charge on any atom is 0.252 e. The Morgan fingerprint density at radius 1 is 1.44 bits per heavy atom. The SMILES string of the molecule is O=C1CC2(CCN(S(=O)(=O)c3cccs3)C2)CN1. The second-order valence-corrected chi connectivity index (χ2v) is 8.09. The van der Waals surface area contributed by atoms with Crippen molar-refractivity contribution in [3.8, 4) is 0 Å². The van der Waals surface area contributed by atoms with E-state index in [0.29, 0.717) is 30.3 Å². The molecule has 1 N–H and O–H groups in total. The van der Waals surface area contributed by atoms with Crippen LogP contribution >= 0.6 is 11.3 Å². The number of nitrogens with zero attached hydrogens (tertiary/aromatic N) is 1. The molecule has 3 heterocycles. The third kappa shape index (κ3) is 1.86. The highest BCUT2D eigenvalue weighted by Gasteiger charge is 2.47. The van der Waals surface area contributed by atoms with E-state index in [0.717, 1.165) is 6.42 Å². The number of carbonyl (C=O) groups is 1. The van der Waals surface area contributed by atoms with Crippen molar-refractivity contribution < 1.29 is 13.2 Å². The first kappa shape index (κ1) is 12.1. The van der Waals surface area contributed by atoms with Gasteiger partial charge in [-0.25, -0.2) is 8.42 Å². The van der Waals surface area contributed by atoms with Gasteiger partial charge in [-0.2, -0.15) is 4.31 Å². The fourth-order valence-corrected chi connectivity index (χ4v) is 5.38. The predicted octanol–water partition coefficient (Wildman–Crippen LogP) is 0.649. The summed E-state index contributed by atoms with van der Waals surface area (Å²) in [7, 11) is -3.36. The number of hydrogen-bond acceptors (Lipinski definition) is 4. The van der Waals surface area contributed by atoms with Crippen molar-refractivity contribution in [1.29, 1.82) is 0 Å². The monoisotopic (exact) mass is 286 g/mol. The molecule has 1 unspecified atom stereocenters. The molecule has 0 aliphatic carbocycles. The van der Waals surface area contributed by atoms with E-state index in [1.165, 1.54) is 15.6 Å². The third-order valence-electron chi connectivity index (χ3n) is 3.69. The van der Waals surface area contributed by atoms with Crippen LogP contribution in [0.15, 0.2) is 21.7 Å². The summed E-state index contributed by atoms with van der Waals surface area (Å²) in [4.78, 5) is 11.3. The van der Waals surface area contributed by atoms with Gasteiger partial charge in [-0.05, 0) is 17.9 Å². The van der Waals surface area contributed by atoms with Gasteiger partial charge in [0.1, 0.15) is 4.21 Å². The molecule has 7 heteroatoms. The van der Waals surface area contributed by atoms with Gasteiger partial charge in [0.15, 0.2) is 0 Å². The van der Waals surface area contributed by atoms with Crippen LogP contribution in [-0.4, -0.2) is 38.3 Å². The molecule has 0 saturated carbocycles. The van der Waals surface area contributed by atoms with Crippen molar-refractivity contribution in [2.24, 2.45) is 5.41 Å². The Balaban J connectivity index is 1.83. The molecular formula is C11H14N2O3S2. The molecule has 2 aliphatic rings. The normalized spacial score (nSPS) is 29.0. The quantitative estimate of drug-likeness (QED) is 0.868. The van der Waals surface area contributed by atoms with Crippen molar-refractivity contribution in [2.45, 2.75) is 17.1 Å². The van der Waals surface area contributed by atoms with E-state index in [4.69, 9.17) is 0 Å². The second-order valence-electron chi connectivity index (χ2n) is 4.97. The fraction of sp³-hybridized carbons (Fsp3) is 0.545. The molecule has 2 aliphatic heterocycles. The number of sulfonamides is 1. The Bertz CT molecular complexity index is 567. The van der Waals surface area contributed by atoms with Crippen LogP contribution in [0, 0.1) is 5.41 Å². The minimum absolute atomic E-state index is 0.0328. The summed E-state index contributed by atoms with van der Waals surface area (Å²) >= 11 is 1.24. The van der Waals surface area contributed by atoms with Gasteiger partial charge in [0.2, 0.25) is 5.91 Å². The van der Waals surface area contributed by atoms with Gasteiger partial charge in [-0.15, -0.1) is 11.3 Å². The van der Waals surface area contributed by atoms with Crippen LogP contribution in [0.3, 0.4) is 0 Å². The Morgan fingerprint density at radius 3 is 2.89 bits per heavy atom. The molecule has 0 bridgehead atoms. The average molecular weight is 286 g/mol. The number of nitrogens with one attached hydrogen (secondary N) is 1. The Labute approximate surface area is 110 Å². The van der Waals surface area contributed by atoms with Gasteiger partial charge in [0.05, 0.1) is 0 Å². The Kier molecular flexibility index (Phi) is 2.72. The van der Waals surface area contributed by atoms with Crippen molar-refractivity contribution in [1.82, 2.24) is 9.62 Å². The van der Waals surface area contributed by atoms with E-state index >= 15 is 0 Å². The topological polar surface area (TPSA) is 66.5 Å². The van der Waals surface area contributed by atoms with Crippen LogP contribution in [-0.2, 0) is 14.8 Å². The van der Waals surface area contributed by atoms with E-state index in [1.54, 1.807) is 17.5 Å². The number of rotatable bonds is 2. The van der Waals surface area contributed by atoms with Gasteiger partial charge in [0, 0.05) is 31.5 Å². The largest absolute Gasteiger partial charge is 0.355 e. The lowest BCUT2D eigenvalue weighted by Gasteiger charge is -2.21. The Morgan fingerprint density at radius 2 is 2.28 bits per heavy atom. The molecule has 1 atom stereocenters. The highest BCUT2D eigenvalue weighted by molar-refractivity contribution is 7.91. The highest BCUT2D eigenvalue weighted by atomic mass is 32.2. The minimum Gasteiger partial charge on any atom is -0.355 e. The van der Waals surface area contributed by atoms with Gasteiger partial charge < -0.3 is 5.32 Å². The first-order valence-electron chi connectivity index (χ1n) is 5.82. The van der Waals surface area contributed by atoms with E-state index < -0.39 is 10.0 Å². The smallest absolute Gasteiger partial charge is 0.252 e. The molecule has 1 aromatic heterocycles. The minimum atomic E-state index is -3.36. The van der Waals surface area contributed by atoms with Gasteiger partial charge in [0.25, 0.3) is 10.0 Å². The van der Waals surface area contributed by atoms with Crippen LogP contribution in [0.25, 0.3) is 0 Å². The van der Waals surface area contributed by atoms with Gasteiger partial charge in [-0.3, -0.25) is 4.79 Å². The summed E-state index contributed by atoms with van der Waals surface area (Å²) in [6.07, 6.45) is 1.21. The summed E-state index contributed by atoms with van der Waals surface area (Å²) in [5.41, 5.74) is -0.179. The maximum absolute atomic E-state index is 12.3. The molecule has 1 spiro atoms. The van der Waals surface area contributed by atoms with Gasteiger partial charge >= 0.3 is 0 Å². The summed E-state index contributed by atoms with van der Waals surface area (Å²) in [5, 5.41) is 4.56. The molecule has 5 nitrogen and oxygen atoms in total. The lowest BCUT2D eigenvalue weighted by Crippen LogP contribution is -2.32. The predicted molar refractivity (Wildman–Crippen MR) is 67.8 cm³/mol. The standard InChI is InChI=1S/C11H14N2O3S2/c14-9-6-11(7-12-9)3-4-13(8-11)18(15,16)10-2-1-5-17-10/h1-2,5H,3-4,6-8H2,(H,12,14). The number of thiophene rings is 1. The lowest BCUT2D eigenvalue weighted by atomic mass is 9.86. The van der Waals surface area contributed by atoms with Crippen LogP contribution in [0.1, 0.15) is 12.8 Å². The zero-order valence-electron chi connectivity index (χ0n) is 9.76. The summed E-state index contributed by atoms with van der Waals surface area (Å²) in [5.74, 6) is 0.0328. The Hall–Kier alpha value is -0.920. The molecule has 2 fully saturated rings. The van der Waals surface area contributed by atoms with Crippen molar-refractivity contribution in [2.75, 3.05) is 19.6 Å². The highest BCUT2D eigenvalue weighted by Crippen LogP contribution is 2.39. The first-order valence-corrected chi connectivity index (χ1v) is 8.14. The molecule has 1 aromatic rings. The second kappa shape index (κ2) is 4.04. The van der Waals surface area contributed by atoms with Crippen molar-refractivity contribution in [3.63, 3.8) is 0 Å². The number of amides is 1. The van der Waals surface area contributed by atoms with E-state index in [9.17, 15) is 13.2 Å². The van der Waals surface area contributed by atoms with Crippen molar-refractivity contribution in [3.05, 3.63) is 17.5 Å². The number of carbonyl (C=O) groups excluding carboxylic acids is 1. The van der Waals surface area contributed by atoms with Crippen LogP contribution in [0.2, 0.25) is 0 Å². The molecular weight excluding hydrogens is 272 g/mol. The summed E-state index contributed by atoms with van der Waals surface area (Å²) < 4.78 is 26.6. The molecule has 98 valence electrons. The van der Waals surface area contributed by atoms with Crippen LogP contribution in [0.4, 0.5) is 0 Å². The summed E-state index contributed by atoms with van der Waals surface area (Å²) in [6, 6.07) is 3.37. The molecule has 2 saturated heterocycles. The van der Waals surface area contributed by atoms with Crippen LogP contribution in [0.5, 0.6) is 0 Å². The molecule has 18 heavy (non-hydrogen) atoms. The molecule has 1 amide bonds. The zero-order valence-corrected chi connectivity index (χ0v) is 11.4. The van der Waals surface area contributed by atoms with E-state index in [1.807, 2.05) is 0 Å². The van der Waals surface area contributed by atoms with E-state index in [2.05, 4.69) is 5.32 Å². The summed E-state index contributed by atoms with van der Waals surface area (Å²) in [6.45, 7) is 1.56. The first-order chi connectivity index (χ1) is 8.52. The molecule has 0 radical (unpaired) electrons. The molecule has 3 rings (SSSR count). The van der Waals surface area contributed by atoms with Gasteiger partial charge in [-0.1, -0.05) is 6.07 Å². The van der Waals surface area contributed by atoms with Crippen molar-refractivity contribution >= 4 is 27.3 Å². The average Bonchev–Trinajstić information content (AvgIpc) is 3.03. The zero-order chi connectivity index (χ0) is 12.8. The maximum atomic E-state index is 12.3. The van der Waals surface area contributed by atoms with E-state index in [-0.39, 0.29) is 11.3 Å². The third-order valence-corrected chi connectivity index (χ3v) is 6.91. The molecule has 0 aromatic carbocycles. The lowest BCUT2D eigenvalue weighted by molar-refractivity contribution is -0.119. The fourth-order valence-electron chi connectivity index (χ4n) is 2.68. The number of hydrogen-bond donors (Lipinski definition) is 1.